The predicted octanol–water partition coefficient (Wildman–Crippen LogP) is 5.72. The number of oxazole rings is 1. The van der Waals surface area contributed by atoms with Gasteiger partial charge in [0.25, 0.3) is 5.91 Å². The van der Waals surface area contributed by atoms with Gasteiger partial charge in [-0.05, 0) is 68.4 Å². The van der Waals surface area contributed by atoms with E-state index in [1.54, 1.807) is 4.68 Å². The summed E-state index contributed by atoms with van der Waals surface area (Å²) >= 11 is 0. The van der Waals surface area contributed by atoms with Crippen molar-refractivity contribution in [2.75, 3.05) is 6.54 Å². The molecule has 176 valence electrons. The number of nitrogens with zero attached hydrogens (tertiary/aromatic N) is 4. The summed E-state index contributed by atoms with van der Waals surface area (Å²) in [6, 6.07) is 12.4. The Morgan fingerprint density at radius 2 is 1.94 bits per heavy atom. The molecule has 1 fully saturated rings. The van der Waals surface area contributed by atoms with E-state index in [1.165, 1.54) is 5.56 Å². The molecule has 0 radical (unpaired) electrons. The van der Waals surface area contributed by atoms with Crippen molar-refractivity contribution >= 4 is 17.0 Å². The van der Waals surface area contributed by atoms with Crippen LogP contribution in [0.2, 0.25) is 0 Å². The lowest BCUT2D eigenvalue weighted by Crippen LogP contribution is -2.48. The number of piperidine rings is 1. The van der Waals surface area contributed by atoms with Crippen LogP contribution >= 0.6 is 0 Å². The number of rotatable bonds is 5. The van der Waals surface area contributed by atoms with Crippen LogP contribution in [0.25, 0.3) is 22.2 Å². The highest BCUT2D eigenvalue weighted by molar-refractivity contribution is 6.01. The van der Waals surface area contributed by atoms with Gasteiger partial charge in [0.05, 0.1) is 6.20 Å². The fourth-order valence-corrected chi connectivity index (χ4v) is 5.21. The summed E-state index contributed by atoms with van der Waals surface area (Å²) < 4.78 is 7.78. The first-order chi connectivity index (χ1) is 16.4. The SMILES string of the molecule is Cc1ccc(-c2cnn(C)c2)c(C(=O)N2CCC[C@@H](C)[C@H]2CCc2nc3cc(C)ccc3o2)c1. The van der Waals surface area contributed by atoms with Crippen LogP contribution in [-0.2, 0) is 13.5 Å². The third kappa shape index (κ3) is 4.37. The Hall–Kier alpha value is -3.41. The third-order valence-corrected chi connectivity index (χ3v) is 7.04. The molecular weight excluding hydrogens is 424 g/mol. The smallest absolute Gasteiger partial charge is 0.254 e. The van der Waals surface area contributed by atoms with Crippen molar-refractivity contribution in [1.29, 1.82) is 0 Å². The molecule has 6 heteroatoms. The summed E-state index contributed by atoms with van der Waals surface area (Å²) in [5.41, 5.74) is 6.65. The van der Waals surface area contributed by atoms with E-state index in [-0.39, 0.29) is 11.9 Å². The first-order valence-electron chi connectivity index (χ1n) is 12.2. The molecule has 2 aromatic heterocycles. The summed E-state index contributed by atoms with van der Waals surface area (Å²) in [6.07, 6.45) is 7.51. The van der Waals surface area contributed by atoms with Crippen LogP contribution in [0.4, 0.5) is 0 Å². The number of hydrogen-bond donors (Lipinski definition) is 0. The molecule has 4 aromatic rings. The van der Waals surface area contributed by atoms with E-state index in [0.29, 0.717) is 5.92 Å². The lowest BCUT2D eigenvalue weighted by molar-refractivity contribution is 0.0497. The van der Waals surface area contributed by atoms with E-state index in [2.05, 4.69) is 36.0 Å². The maximum absolute atomic E-state index is 14.0. The highest BCUT2D eigenvalue weighted by atomic mass is 16.3. The first-order valence-corrected chi connectivity index (χ1v) is 12.2. The van der Waals surface area contributed by atoms with Gasteiger partial charge in [-0.15, -0.1) is 0 Å². The highest BCUT2D eigenvalue weighted by Crippen LogP contribution is 2.32. The third-order valence-electron chi connectivity index (χ3n) is 7.04. The van der Waals surface area contributed by atoms with Gasteiger partial charge < -0.3 is 9.32 Å². The zero-order valence-corrected chi connectivity index (χ0v) is 20.4. The Balaban J connectivity index is 1.41. The lowest BCUT2D eigenvalue weighted by atomic mass is 9.86. The van der Waals surface area contributed by atoms with E-state index >= 15 is 0 Å². The minimum atomic E-state index is 0.104. The van der Waals surface area contributed by atoms with Crippen molar-refractivity contribution in [3.8, 4) is 11.1 Å². The van der Waals surface area contributed by atoms with Crippen LogP contribution < -0.4 is 0 Å². The molecule has 0 N–H and O–H groups in total. The summed E-state index contributed by atoms with van der Waals surface area (Å²) in [4.78, 5) is 20.8. The Bertz CT molecular complexity index is 1340. The predicted molar refractivity (Wildman–Crippen MR) is 134 cm³/mol. The van der Waals surface area contributed by atoms with Crippen LogP contribution in [0.15, 0.2) is 53.2 Å². The van der Waals surface area contributed by atoms with E-state index in [0.717, 1.165) is 71.5 Å². The number of likely N-dealkylation sites (tertiary alicyclic amines) is 1. The summed E-state index contributed by atoms with van der Waals surface area (Å²) in [6.45, 7) is 7.14. The van der Waals surface area contributed by atoms with Crippen molar-refractivity contribution in [2.45, 2.75) is 52.5 Å². The number of hydrogen-bond acceptors (Lipinski definition) is 4. The minimum absolute atomic E-state index is 0.104. The molecule has 0 bridgehead atoms. The van der Waals surface area contributed by atoms with Crippen LogP contribution in [0, 0.1) is 19.8 Å². The Morgan fingerprint density at radius 3 is 2.74 bits per heavy atom. The number of amides is 1. The molecule has 3 heterocycles. The fourth-order valence-electron chi connectivity index (χ4n) is 5.21. The van der Waals surface area contributed by atoms with E-state index in [4.69, 9.17) is 9.40 Å². The molecule has 5 rings (SSSR count). The number of carbonyl (C=O) groups excluding carboxylic acids is 1. The van der Waals surface area contributed by atoms with Gasteiger partial charge in [-0.2, -0.15) is 5.10 Å². The normalized spacial score (nSPS) is 18.5. The van der Waals surface area contributed by atoms with Gasteiger partial charge >= 0.3 is 0 Å². The van der Waals surface area contributed by atoms with E-state index in [9.17, 15) is 4.79 Å². The molecule has 1 aliphatic heterocycles. The second-order valence-corrected chi connectivity index (χ2v) is 9.75. The molecule has 1 aliphatic rings. The van der Waals surface area contributed by atoms with Crippen molar-refractivity contribution in [3.05, 3.63) is 71.4 Å². The van der Waals surface area contributed by atoms with Crippen molar-refractivity contribution in [2.24, 2.45) is 13.0 Å². The van der Waals surface area contributed by atoms with Crippen LogP contribution in [0.5, 0.6) is 0 Å². The number of fused-ring (bicyclic) bond motifs is 1. The maximum atomic E-state index is 14.0. The van der Waals surface area contributed by atoms with Gasteiger partial charge in [-0.3, -0.25) is 9.48 Å². The molecule has 6 nitrogen and oxygen atoms in total. The topological polar surface area (TPSA) is 64.2 Å². The molecule has 0 saturated carbocycles. The van der Waals surface area contributed by atoms with Gasteiger partial charge in [-0.1, -0.05) is 30.7 Å². The Morgan fingerprint density at radius 1 is 1.15 bits per heavy atom. The van der Waals surface area contributed by atoms with Gasteiger partial charge in [0.2, 0.25) is 0 Å². The monoisotopic (exact) mass is 456 g/mol. The molecule has 0 spiro atoms. The molecule has 2 aromatic carbocycles. The van der Waals surface area contributed by atoms with Gasteiger partial charge in [0.15, 0.2) is 11.5 Å². The average molecular weight is 457 g/mol. The molecule has 1 amide bonds. The molecule has 34 heavy (non-hydrogen) atoms. The summed E-state index contributed by atoms with van der Waals surface area (Å²) in [5.74, 6) is 1.28. The molecule has 0 unspecified atom stereocenters. The van der Waals surface area contributed by atoms with Gasteiger partial charge in [0.1, 0.15) is 5.52 Å². The Labute approximate surface area is 200 Å². The van der Waals surface area contributed by atoms with Crippen LogP contribution in [0.3, 0.4) is 0 Å². The quantitative estimate of drug-likeness (QED) is 0.385. The number of aromatic nitrogens is 3. The van der Waals surface area contributed by atoms with Crippen LogP contribution in [-0.4, -0.2) is 38.2 Å². The standard InChI is InChI=1S/C28H32N4O2/c1-18-7-9-22(21-16-29-31(4)17-21)23(14-18)28(33)32-13-5-6-20(3)25(32)10-12-27-30-24-15-19(2)8-11-26(24)34-27/h7-9,11,14-17,20,25H,5-6,10,12-13H2,1-4H3/t20-,25-/m1/s1. The number of aryl methyl sites for hydroxylation is 4. The second-order valence-electron chi connectivity index (χ2n) is 9.75. The summed E-state index contributed by atoms with van der Waals surface area (Å²) in [5, 5.41) is 4.32. The summed E-state index contributed by atoms with van der Waals surface area (Å²) in [7, 11) is 1.90. The largest absolute Gasteiger partial charge is 0.441 e. The van der Waals surface area contributed by atoms with Crippen molar-refractivity contribution in [1.82, 2.24) is 19.7 Å². The van der Waals surface area contributed by atoms with E-state index in [1.807, 2.05) is 50.6 Å². The van der Waals surface area contributed by atoms with Crippen molar-refractivity contribution in [3.63, 3.8) is 0 Å². The average Bonchev–Trinajstić information content (AvgIpc) is 3.43. The first kappa shape index (κ1) is 22.4. The van der Waals surface area contributed by atoms with E-state index < -0.39 is 0 Å². The zero-order valence-electron chi connectivity index (χ0n) is 20.4. The second kappa shape index (κ2) is 9.09. The van der Waals surface area contributed by atoms with Crippen LogP contribution in [0.1, 0.15) is 53.6 Å². The van der Waals surface area contributed by atoms with Gasteiger partial charge in [0, 0.05) is 43.4 Å². The minimum Gasteiger partial charge on any atom is -0.441 e. The Kier molecular flexibility index (Phi) is 5.98. The van der Waals surface area contributed by atoms with Crippen molar-refractivity contribution < 1.29 is 9.21 Å². The fraction of sp³-hybridized carbons (Fsp3) is 0.393. The zero-order chi connectivity index (χ0) is 23.8. The molecule has 0 aliphatic carbocycles. The molecule has 2 atom stereocenters. The number of benzene rings is 2. The lowest BCUT2D eigenvalue weighted by Gasteiger charge is -2.40. The highest BCUT2D eigenvalue weighted by Gasteiger charge is 2.33. The molecular formula is C28H32N4O2. The number of carbonyl (C=O) groups is 1. The molecule has 1 saturated heterocycles. The maximum Gasteiger partial charge on any atom is 0.254 e. The van der Waals surface area contributed by atoms with Gasteiger partial charge in [-0.25, -0.2) is 4.98 Å².